The summed E-state index contributed by atoms with van der Waals surface area (Å²) in [7, 11) is 0. The van der Waals surface area contributed by atoms with Gasteiger partial charge in [0.15, 0.2) is 0 Å². The number of benzene rings is 1. The third kappa shape index (κ3) is 3.20. The van der Waals surface area contributed by atoms with Crippen molar-refractivity contribution in [3.05, 3.63) is 65.8 Å². The number of rotatable bonds is 5. The zero-order valence-corrected chi connectivity index (χ0v) is 12.2. The molecule has 3 aromatic rings. The van der Waals surface area contributed by atoms with E-state index in [2.05, 4.69) is 34.6 Å². The van der Waals surface area contributed by atoms with Gasteiger partial charge in [-0.25, -0.2) is 4.68 Å². The summed E-state index contributed by atoms with van der Waals surface area (Å²) >= 11 is 0. The zero-order chi connectivity index (χ0) is 14.7. The summed E-state index contributed by atoms with van der Waals surface area (Å²) < 4.78 is 6.93. The molecule has 3 rings (SSSR count). The molecule has 0 amide bonds. The molecule has 0 fully saturated rings. The molecule has 21 heavy (non-hydrogen) atoms. The van der Waals surface area contributed by atoms with Gasteiger partial charge in [-0.05, 0) is 37.6 Å². The van der Waals surface area contributed by atoms with Gasteiger partial charge in [0, 0.05) is 31.0 Å². The van der Waals surface area contributed by atoms with Crippen molar-refractivity contribution in [2.24, 2.45) is 0 Å². The molecule has 2 aromatic heterocycles. The Kier molecular flexibility index (Phi) is 3.83. The molecule has 5 nitrogen and oxygen atoms in total. The van der Waals surface area contributed by atoms with Gasteiger partial charge in [-0.2, -0.15) is 5.10 Å². The molecule has 1 aromatic carbocycles. The Balaban J connectivity index is 1.69. The topological polar surface area (TPSA) is 55.9 Å². The second-order valence-corrected chi connectivity index (χ2v) is 5.08. The first-order valence-corrected chi connectivity index (χ1v) is 6.98. The Bertz CT molecular complexity index is 703. The molecule has 0 bridgehead atoms. The second-order valence-electron chi connectivity index (χ2n) is 5.08. The molecular formula is C16H18N4O. The Labute approximate surface area is 123 Å². The van der Waals surface area contributed by atoms with E-state index in [0.29, 0.717) is 6.54 Å². The van der Waals surface area contributed by atoms with Crippen LogP contribution >= 0.6 is 0 Å². The fourth-order valence-corrected chi connectivity index (χ4v) is 2.23. The van der Waals surface area contributed by atoms with E-state index in [9.17, 15) is 0 Å². The molecule has 0 aliphatic heterocycles. The van der Waals surface area contributed by atoms with E-state index in [0.717, 1.165) is 17.1 Å². The molecule has 1 atom stereocenters. The van der Waals surface area contributed by atoms with Gasteiger partial charge >= 0.3 is 0 Å². The molecule has 0 radical (unpaired) electrons. The van der Waals surface area contributed by atoms with Crippen LogP contribution in [0.3, 0.4) is 0 Å². The number of nitrogens with one attached hydrogen (secondary N) is 1. The molecule has 108 valence electrons. The summed E-state index contributed by atoms with van der Waals surface area (Å²) in [5, 5.41) is 11.7. The lowest BCUT2D eigenvalue weighted by Gasteiger charge is -2.14. The molecule has 0 unspecified atom stereocenters. The van der Waals surface area contributed by atoms with E-state index in [1.807, 2.05) is 42.1 Å². The van der Waals surface area contributed by atoms with E-state index in [1.165, 1.54) is 5.56 Å². The van der Waals surface area contributed by atoms with Crippen molar-refractivity contribution in [1.29, 1.82) is 0 Å². The predicted molar refractivity (Wildman–Crippen MR) is 80.1 cm³/mol. The van der Waals surface area contributed by atoms with E-state index in [-0.39, 0.29) is 6.04 Å². The lowest BCUT2D eigenvalue weighted by molar-refractivity contribution is 0.386. The van der Waals surface area contributed by atoms with Gasteiger partial charge in [-0.15, -0.1) is 0 Å². The van der Waals surface area contributed by atoms with Crippen LogP contribution in [0, 0.1) is 6.92 Å². The Hall–Kier alpha value is -2.40. The van der Waals surface area contributed by atoms with Gasteiger partial charge in [-0.3, -0.25) is 0 Å². The van der Waals surface area contributed by atoms with Crippen molar-refractivity contribution >= 4 is 0 Å². The first-order chi connectivity index (χ1) is 10.2. The highest BCUT2D eigenvalue weighted by Gasteiger charge is 2.08. The van der Waals surface area contributed by atoms with Gasteiger partial charge in [0.1, 0.15) is 5.76 Å². The van der Waals surface area contributed by atoms with Crippen molar-refractivity contribution in [2.45, 2.75) is 26.4 Å². The van der Waals surface area contributed by atoms with E-state index >= 15 is 0 Å². The molecule has 5 heteroatoms. The number of aryl methyl sites for hydroxylation is 1. The summed E-state index contributed by atoms with van der Waals surface area (Å²) in [6.45, 7) is 4.72. The van der Waals surface area contributed by atoms with Crippen LogP contribution < -0.4 is 5.32 Å². The first kappa shape index (κ1) is 13.6. The number of aromatic nitrogens is 3. The Morgan fingerprint density at radius 2 is 2.19 bits per heavy atom. The van der Waals surface area contributed by atoms with Gasteiger partial charge in [-0.1, -0.05) is 17.3 Å². The maximum atomic E-state index is 5.07. The van der Waals surface area contributed by atoms with Gasteiger partial charge < -0.3 is 9.84 Å². The lowest BCUT2D eigenvalue weighted by Crippen LogP contribution is -2.18. The molecule has 1 N–H and O–H groups in total. The SMILES string of the molecule is Cc1cc(CN[C@H](C)c2cccc(-n3cccn3)c2)no1. The van der Waals surface area contributed by atoms with Crippen molar-refractivity contribution in [1.82, 2.24) is 20.3 Å². The summed E-state index contributed by atoms with van der Waals surface area (Å²) in [6, 6.07) is 12.4. The minimum atomic E-state index is 0.220. The highest BCUT2D eigenvalue weighted by Crippen LogP contribution is 2.17. The average molecular weight is 282 g/mol. The monoisotopic (exact) mass is 282 g/mol. The minimum Gasteiger partial charge on any atom is -0.361 e. The average Bonchev–Trinajstić information content (AvgIpc) is 3.16. The van der Waals surface area contributed by atoms with E-state index < -0.39 is 0 Å². The van der Waals surface area contributed by atoms with Gasteiger partial charge in [0.25, 0.3) is 0 Å². The van der Waals surface area contributed by atoms with Crippen LogP contribution in [0.15, 0.2) is 53.3 Å². The maximum absolute atomic E-state index is 5.07. The van der Waals surface area contributed by atoms with Crippen molar-refractivity contribution < 1.29 is 4.52 Å². The van der Waals surface area contributed by atoms with Crippen LogP contribution in [0.4, 0.5) is 0 Å². The summed E-state index contributed by atoms with van der Waals surface area (Å²) in [6.07, 6.45) is 3.72. The minimum absolute atomic E-state index is 0.220. The third-order valence-corrected chi connectivity index (χ3v) is 3.41. The third-order valence-electron chi connectivity index (χ3n) is 3.41. The summed E-state index contributed by atoms with van der Waals surface area (Å²) in [5.74, 6) is 0.833. The molecule has 0 aliphatic rings. The highest BCUT2D eigenvalue weighted by atomic mass is 16.5. The summed E-state index contributed by atoms with van der Waals surface area (Å²) in [4.78, 5) is 0. The standard InChI is InChI=1S/C16H18N4O/c1-12-9-15(19-21-12)11-17-13(2)14-5-3-6-16(10-14)20-8-4-7-18-20/h3-10,13,17H,11H2,1-2H3/t13-/m1/s1. The maximum Gasteiger partial charge on any atom is 0.133 e. The molecule has 2 heterocycles. The molecule has 0 saturated heterocycles. The van der Waals surface area contributed by atoms with E-state index in [4.69, 9.17) is 4.52 Å². The van der Waals surface area contributed by atoms with Crippen LogP contribution in [-0.2, 0) is 6.54 Å². The van der Waals surface area contributed by atoms with Crippen molar-refractivity contribution in [3.63, 3.8) is 0 Å². The fourth-order valence-electron chi connectivity index (χ4n) is 2.23. The molecule has 0 spiro atoms. The van der Waals surface area contributed by atoms with Crippen LogP contribution in [0.1, 0.15) is 30.0 Å². The number of hydrogen-bond acceptors (Lipinski definition) is 4. The van der Waals surface area contributed by atoms with Crippen LogP contribution in [0.2, 0.25) is 0 Å². The largest absolute Gasteiger partial charge is 0.361 e. The normalized spacial score (nSPS) is 12.5. The predicted octanol–water partition coefficient (Wildman–Crippen LogP) is 3.02. The van der Waals surface area contributed by atoms with E-state index in [1.54, 1.807) is 6.20 Å². The van der Waals surface area contributed by atoms with Gasteiger partial charge in [0.2, 0.25) is 0 Å². The van der Waals surface area contributed by atoms with Gasteiger partial charge in [0.05, 0.1) is 11.4 Å². The van der Waals surface area contributed by atoms with Crippen molar-refractivity contribution in [2.75, 3.05) is 0 Å². The Morgan fingerprint density at radius 3 is 2.90 bits per heavy atom. The smallest absolute Gasteiger partial charge is 0.133 e. The molecule has 0 aliphatic carbocycles. The lowest BCUT2D eigenvalue weighted by atomic mass is 10.1. The quantitative estimate of drug-likeness (QED) is 0.781. The number of hydrogen-bond donors (Lipinski definition) is 1. The van der Waals surface area contributed by atoms with Crippen molar-refractivity contribution in [3.8, 4) is 5.69 Å². The number of nitrogens with zero attached hydrogens (tertiary/aromatic N) is 3. The van der Waals surface area contributed by atoms with Crippen LogP contribution in [0.5, 0.6) is 0 Å². The molecular weight excluding hydrogens is 264 g/mol. The van der Waals surface area contributed by atoms with Crippen LogP contribution in [-0.4, -0.2) is 14.9 Å². The Morgan fingerprint density at radius 1 is 1.29 bits per heavy atom. The summed E-state index contributed by atoms with van der Waals surface area (Å²) in [5.41, 5.74) is 3.19. The second kappa shape index (κ2) is 5.93. The zero-order valence-electron chi connectivity index (χ0n) is 12.2. The molecule has 0 saturated carbocycles. The highest BCUT2D eigenvalue weighted by molar-refractivity contribution is 5.36. The first-order valence-electron chi connectivity index (χ1n) is 6.98. The van der Waals surface area contributed by atoms with Crippen LogP contribution in [0.25, 0.3) is 5.69 Å². The fraction of sp³-hybridized carbons (Fsp3) is 0.250.